The molecule has 0 saturated carbocycles. The molecule has 6 nitrogen and oxygen atoms in total. The first-order valence-electron chi connectivity index (χ1n) is 8.13. The molecule has 4 rings (SSSR count). The highest BCUT2D eigenvalue weighted by atomic mass is 35.5. The number of nitrogens with one attached hydrogen (secondary N) is 1. The van der Waals surface area contributed by atoms with Crippen molar-refractivity contribution in [3.63, 3.8) is 0 Å². The number of hydrogen-bond donors (Lipinski definition) is 1. The lowest BCUT2D eigenvalue weighted by Gasteiger charge is -2.14. The topological polar surface area (TPSA) is 76.9 Å². The molecule has 0 aliphatic heterocycles. The second-order valence-corrected chi connectivity index (χ2v) is 6.20. The van der Waals surface area contributed by atoms with E-state index in [1.807, 2.05) is 0 Å². The van der Waals surface area contributed by atoms with Crippen LogP contribution in [0.5, 0.6) is 0 Å². The summed E-state index contributed by atoms with van der Waals surface area (Å²) >= 11 is 6.09. The van der Waals surface area contributed by atoms with E-state index in [4.69, 9.17) is 11.6 Å². The number of benzene rings is 2. The van der Waals surface area contributed by atoms with E-state index in [0.29, 0.717) is 21.5 Å². The number of carbonyl (C=O) groups excluding carboxylic acids is 1. The van der Waals surface area contributed by atoms with Gasteiger partial charge in [0.1, 0.15) is 5.69 Å². The molecule has 0 fully saturated rings. The van der Waals surface area contributed by atoms with Crippen LogP contribution < -0.4 is 11.0 Å². The number of amides is 1. The average Bonchev–Trinajstić information content (AvgIpc) is 2.70. The molecule has 7 heteroatoms. The number of hydrogen-bond acceptors (Lipinski definition) is 4. The quantitative estimate of drug-likeness (QED) is 0.593. The van der Waals surface area contributed by atoms with Crippen molar-refractivity contribution in [1.29, 1.82) is 0 Å². The third-order valence-electron chi connectivity index (χ3n) is 3.97. The molecule has 0 aliphatic carbocycles. The van der Waals surface area contributed by atoms with Crippen LogP contribution in [-0.4, -0.2) is 20.6 Å². The highest BCUT2D eigenvalue weighted by Crippen LogP contribution is 2.21. The van der Waals surface area contributed by atoms with E-state index < -0.39 is 5.91 Å². The molecular formula is C20H13ClN4O2. The molecule has 0 saturated heterocycles. The van der Waals surface area contributed by atoms with Gasteiger partial charge in [0.05, 0.1) is 10.9 Å². The standard InChI is InChI=1S/C20H13ClN4O2/c21-14-7-5-6-13(12-14)18-23-16-9-2-1-8-15(16)20(27)25(18)24-19(26)17-10-3-4-11-22-17/h1-12H,(H,24,26). The van der Waals surface area contributed by atoms with Gasteiger partial charge in [0, 0.05) is 16.8 Å². The van der Waals surface area contributed by atoms with Crippen LogP contribution in [0, 0.1) is 0 Å². The van der Waals surface area contributed by atoms with Crippen molar-refractivity contribution >= 4 is 28.4 Å². The summed E-state index contributed by atoms with van der Waals surface area (Å²) in [5.41, 5.74) is 3.53. The maximum Gasteiger partial charge on any atom is 0.288 e. The van der Waals surface area contributed by atoms with E-state index in [9.17, 15) is 9.59 Å². The molecule has 2 aromatic heterocycles. The summed E-state index contributed by atoms with van der Waals surface area (Å²) in [6.45, 7) is 0. The van der Waals surface area contributed by atoms with Gasteiger partial charge in [-0.15, -0.1) is 0 Å². The maximum absolute atomic E-state index is 13.0. The molecule has 1 amide bonds. The van der Waals surface area contributed by atoms with Crippen LogP contribution in [0.25, 0.3) is 22.3 Å². The fraction of sp³-hybridized carbons (Fsp3) is 0. The van der Waals surface area contributed by atoms with Gasteiger partial charge in [-0.2, -0.15) is 4.68 Å². The van der Waals surface area contributed by atoms with Gasteiger partial charge in [-0.05, 0) is 36.4 Å². The van der Waals surface area contributed by atoms with E-state index in [1.54, 1.807) is 66.7 Å². The normalized spacial score (nSPS) is 10.7. The molecule has 4 aromatic rings. The van der Waals surface area contributed by atoms with Crippen molar-refractivity contribution in [2.45, 2.75) is 0 Å². The van der Waals surface area contributed by atoms with E-state index in [2.05, 4.69) is 15.4 Å². The van der Waals surface area contributed by atoms with Gasteiger partial charge in [-0.3, -0.25) is 20.0 Å². The van der Waals surface area contributed by atoms with Crippen LogP contribution in [-0.2, 0) is 0 Å². The van der Waals surface area contributed by atoms with Gasteiger partial charge in [-0.1, -0.05) is 41.9 Å². The van der Waals surface area contributed by atoms with Gasteiger partial charge in [0.15, 0.2) is 5.82 Å². The molecule has 2 aromatic carbocycles. The Bertz CT molecular complexity index is 1210. The maximum atomic E-state index is 13.0. The Kier molecular flexibility index (Phi) is 4.40. The smallest absolute Gasteiger partial charge is 0.267 e. The van der Waals surface area contributed by atoms with Crippen molar-refractivity contribution < 1.29 is 4.79 Å². The predicted octanol–water partition coefficient (Wildman–Crippen LogP) is 3.50. The van der Waals surface area contributed by atoms with Gasteiger partial charge < -0.3 is 0 Å². The molecule has 0 aliphatic rings. The Morgan fingerprint density at radius 2 is 1.81 bits per heavy atom. The SMILES string of the molecule is O=C(Nn1c(-c2cccc(Cl)c2)nc2ccccc2c1=O)c1ccccn1. The van der Waals surface area contributed by atoms with Crippen molar-refractivity contribution in [3.05, 3.63) is 94.0 Å². The molecule has 0 spiro atoms. The molecule has 1 N–H and O–H groups in total. The largest absolute Gasteiger partial charge is 0.288 e. The van der Waals surface area contributed by atoms with Gasteiger partial charge in [-0.25, -0.2) is 4.98 Å². The van der Waals surface area contributed by atoms with Crippen molar-refractivity contribution in [2.75, 3.05) is 5.43 Å². The Labute approximate surface area is 159 Å². The summed E-state index contributed by atoms with van der Waals surface area (Å²) < 4.78 is 1.13. The van der Waals surface area contributed by atoms with Gasteiger partial charge in [0.25, 0.3) is 11.5 Å². The fourth-order valence-corrected chi connectivity index (χ4v) is 2.90. The molecular weight excluding hydrogens is 364 g/mol. The Morgan fingerprint density at radius 1 is 1.00 bits per heavy atom. The van der Waals surface area contributed by atoms with Gasteiger partial charge >= 0.3 is 0 Å². The summed E-state index contributed by atoms with van der Waals surface area (Å²) in [4.78, 5) is 34.2. The monoisotopic (exact) mass is 376 g/mol. The molecule has 0 unspecified atom stereocenters. The third-order valence-corrected chi connectivity index (χ3v) is 4.20. The zero-order valence-electron chi connectivity index (χ0n) is 14.0. The Balaban J connectivity index is 1.92. The Hall–Kier alpha value is -3.51. The molecule has 0 bridgehead atoms. The minimum atomic E-state index is -0.516. The number of nitrogens with zero attached hydrogens (tertiary/aromatic N) is 3. The molecule has 0 radical (unpaired) electrons. The summed E-state index contributed by atoms with van der Waals surface area (Å²) in [5, 5.41) is 0.891. The van der Waals surface area contributed by atoms with Crippen LogP contribution in [0.4, 0.5) is 0 Å². The lowest BCUT2D eigenvalue weighted by atomic mass is 10.2. The highest BCUT2D eigenvalue weighted by molar-refractivity contribution is 6.30. The van der Waals surface area contributed by atoms with Crippen molar-refractivity contribution in [1.82, 2.24) is 14.6 Å². The highest BCUT2D eigenvalue weighted by Gasteiger charge is 2.16. The zero-order chi connectivity index (χ0) is 18.8. The van der Waals surface area contributed by atoms with Crippen LogP contribution >= 0.6 is 11.6 Å². The second kappa shape index (κ2) is 7.01. The first kappa shape index (κ1) is 16.9. The summed E-state index contributed by atoms with van der Waals surface area (Å²) in [6, 6.07) is 18.8. The third kappa shape index (κ3) is 3.30. The molecule has 2 heterocycles. The minimum Gasteiger partial charge on any atom is -0.267 e. The predicted molar refractivity (Wildman–Crippen MR) is 104 cm³/mol. The number of rotatable bonds is 3. The molecule has 0 atom stereocenters. The number of halogens is 1. The number of aromatic nitrogens is 3. The minimum absolute atomic E-state index is 0.189. The Morgan fingerprint density at radius 3 is 2.59 bits per heavy atom. The zero-order valence-corrected chi connectivity index (χ0v) is 14.7. The fourth-order valence-electron chi connectivity index (χ4n) is 2.71. The van der Waals surface area contributed by atoms with E-state index >= 15 is 0 Å². The van der Waals surface area contributed by atoms with Crippen LogP contribution in [0.3, 0.4) is 0 Å². The lowest BCUT2D eigenvalue weighted by molar-refractivity contribution is 0.100. The number of para-hydroxylation sites is 1. The average molecular weight is 377 g/mol. The first-order chi connectivity index (χ1) is 13.1. The van der Waals surface area contributed by atoms with Gasteiger partial charge in [0.2, 0.25) is 0 Å². The summed E-state index contributed by atoms with van der Waals surface area (Å²) in [7, 11) is 0. The van der Waals surface area contributed by atoms with E-state index in [0.717, 1.165) is 4.68 Å². The molecule has 132 valence electrons. The van der Waals surface area contributed by atoms with E-state index in [-0.39, 0.29) is 17.1 Å². The summed E-state index contributed by atoms with van der Waals surface area (Å²) in [5.74, 6) is -0.233. The lowest BCUT2D eigenvalue weighted by Crippen LogP contribution is -2.35. The number of carbonyl (C=O) groups is 1. The summed E-state index contributed by atoms with van der Waals surface area (Å²) in [6.07, 6.45) is 1.51. The first-order valence-corrected chi connectivity index (χ1v) is 8.51. The van der Waals surface area contributed by atoms with Crippen LogP contribution in [0.1, 0.15) is 10.5 Å². The number of pyridine rings is 1. The van der Waals surface area contributed by atoms with Crippen molar-refractivity contribution in [3.8, 4) is 11.4 Å². The molecule has 27 heavy (non-hydrogen) atoms. The second-order valence-electron chi connectivity index (χ2n) is 5.76. The van der Waals surface area contributed by atoms with Crippen molar-refractivity contribution in [2.24, 2.45) is 0 Å². The van der Waals surface area contributed by atoms with Crippen LogP contribution in [0.2, 0.25) is 5.02 Å². The number of fused-ring (bicyclic) bond motifs is 1. The van der Waals surface area contributed by atoms with E-state index in [1.165, 1.54) is 6.20 Å². The van der Waals surface area contributed by atoms with Crippen LogP contribution in [0.15, 0.2) is 77.7 Å².